The molecular formula is C55H32N2OS. The summed E-state index contributed by atoms with van der Waals surface area (Å²) < 4.78 is 6.86. The highest BCUT2D eigenvalue weighted by molar-refractivity contribution is 7.26. The zero-order valence-corrected chi connectivity index (χ0v) is 32.5. The topological polar surface area (TPSA) is 26.4 Å². The highest BCUT2D eigenvalue weighted by Crippen LogP contribution is 2.46. The maximum absolute atomic E-state index is 14.2. The zero-order valence-electron chi connectivity index (χ0n) is 31.7. The van der Waals surface area contributed by atoms with Gasteiger partial charge in [-0.25, -0.2) is 0 Å². The lowest BCUT2D eigenvalue weighted by molar-refractivity contribution is 1.19. The molecule has 0 saturated carbocycles. The second-order valence-electron chi connectivity index (χ2n) is 15.6. The molecule has 4 aromatic heterocycles. The summed E-state index contributed by atoms with van der Waals surface area (Å²) in [6.07, 6.45) is 0. The van der Waals surface area contributed by atoms with Gasteiger partial charge < -0.3 is 4.57 Å². The van der Waals surface area contributed by atoms with Gasteiger partial charge in [-0.05, 0) is 99.4 Å². The third-order valence-electron chi connectivity index (χ3n) is 12.5. The van der Waals surface area contributed by atoms with Crippen LogP contribution in [-0.2, 0) is 0 Å². The third-order valence-corrected chi connectivity index (χ3v) is 13.6. The minimum absolute atomic E-state index is 0.0271. The molecule has 0 bridgehead atoms. The van der Waals surface area contributed by atoms with Crippen molar-refractivity contribution in [2.45, 2.75) is 0 Å². The number of nitrogens with zero attached hydrogens (tertiary/aromatic N) is 2. The van der Waals surface area contributed by atoms with E-state index in [0.717, 1.165) is 49.2 Å². The van der Waals surface area contributed by atoms with Gasteiger partial charge in [-0.3, -0.25) is 9.20 Å². The van der Waals surface area contributed by atoms with E-state index >= 15 is 0 Å². The van der Waals surface area contributed by atoms with Gasteiger partial charge in [0.15, 0.2) is 0 Å². The van der Waals surface area contributed by atoms with Gasteiger partial charge >= 0.3 is 0 Å². The molecule has 4 heteroatoms. The molecule has 3 nitrogen and oxygen atoms in total. The maximum Gasteiger partial charge on any atom is 0.263 e. The Kier molecular flexibility index (Phi) is 6.75. The predicted molar refractivity (Wildman–Crippen MR) is 251 cm³/mol. The summed E-state index contributed by atoms with van der Waals surface area (Å²) in [7, 11) is 0. The molecule has 13 aromatic rings. The van der Waals surface area contributed by atoms with Crippen LogP contribution in [0.15, 0.2) is 199 Å². The SMILES string of the molecule is O=c1c2ccccc2c2c(-c3cccc4sc5ccc(-n6c7ccccc7c7cc(-c8cccc(-c9ccccc9)c8)ccc76)cc5c34)ccc3c4ccccc4n1c32. The Balaban J connectivity index is 1.04. The van der Waals surface area contributed by atoms with Gasteiger partial charge in [0.05, 0.1) is 22.1 Å². The van der Waals surface area contributed by atoms with Crippen LogP contribution in [0.1, 0.15) is 0 Å². The molecule has 0 amide bonds. The maximum atomic E-state index is 14.2. The number of hydrogen-bond donors (Lipinski definition) is 0. The predicted octanol–water partition coefficient (Wildman–Crippen LogP) is 14.7. The molecule has 9 aromatic carbocycles. The van der Waals surface area contributed by atoms with Crippen LogP contribution in [0.5, 0.6) is 0 Å². The van der Waals surface area contributed by atoms with Gasteiger partial charge in [0.2, 0.25) is 0 Å². The number of pyridine rings is 1. The Hall–Kier alpha value is -7.53. The molecule has 0 radical (unpaired) electrons. The molecule has 0 spiro atoms. The lowest BCUT2D eigenvalue weighted by Gasteiger charge is -2.13. The summed E-state index contributed by atoms with van der Waals surface area (Å²) in [5.74, 6) is 0. The van der Waals surface area contributed by atoms with Crippen molar-refractivity contribution in [3.63, 3.8) is 0 Å². The average Bonchev–Trinajstić information content (AvgIpc) is 3.96. The highest BCUT2D eigenvalue weighted by atomic mass is 32.1. The molecular weight excluding hydrogens is 737 g/mol. The second kappa shape index (κ2) is 12.2. The number of hydrogen-bond acceptors (Lipinski definition) is 2. The van der Waals surface area contributed by atoms with E-state index in [1.165, 1.54) is 69.8 Å². The molecule has 0 aliphatic heterocycles. The molecule has 0 N–H and O–H groups in total. The second-order valence-corrected chi connectivity index (χ2v) is 16.7. The van der Waals surface area contributed by atoms with Crippen molar-refractivity contribution >= 4 is 91.3 Å². The van der Waals surface area contributed by atoms with Crippen LogP contribution in [0.3, 0.4) is 0 Å². The summed E-state index contributed by atoms with van der Waals surface area (Å²) in [5.41, 5.74) is 12.6. The number of fused-ring (bicyclic) bond motifs is 11. The first-order chi connectivity index (χ1) is 29.2. The summed E-state index contributed by atoms with van der Waals surface area (Å²) in [6, 6.07) is 69.7. The van der Waals surface area contributed by atoms with Crippen molar-refractivity contribution in [1.29, 1.82) is 0 Å². The summed E-state index contributed by atoms with van der Waals surface area (Å²) in [4.78, 5) is 14.2. The highest BCUT2D eigenvalue weighted by Gasteiger charge is 2.22. The van der Waals surface area contributed by atoms with Crippen LogP contribution in [-0.4, -0.2) is 8.97 Å². The fourth-order valence-corrected chi connectivity index (χ4v) is 11.0. The van der Waals surface area contributed by atoms with Crippen molar-refractivity contribution in [2.75, 3.05) is 0 Å². The van der Waals surface area contributed by atoms with Crippen molar-refractivity contribution in [2.24, 2.45) is 0 Å². The molecule has 274 valence electrons. The number of rotatable bonds is 4. The lowest BCUT2D eigenvalue weighted by Crippen LogP contribution is -2.13. The Morgan fingerprint density at radius 3 is 1.85 bits per heavy atom. The van der Waals surface area contributed by atoms with Crippen molar-refractivity contribution in [3.05, 3.63) is 204 Å². The Bertz CT molecular complexity index is 3930. The third kappa shape index (κ3) is 4.60. The molecule has 59 heavy (non-hydrogen) atoms. The van der Waals surface area contributed by atoms with Crippen LogP contribution < -0.4 is 5.56 Å². The minimum Gasteiger partial charge on any atom is -0.309 e. The quantitative estimate of drug-likeness (QED) is 0.164. The smallest absolute Gasteiger partial charge is 0.263 e. The van der Waals surface area contributed by atoms with Gasteiger partial charge in [-0.1, -0.05) is 133 Å². The summed E-state index contributed by atoms with van der Waals surface area (Å²) in [6.45, 7) is 0. The van der Waals surface area contributed by atoms with E-state index in [-0.39, 0.29) is 5.56 Å². The first-order valence-electron chi connectivity index (χ1n) is 20.0. The van der Waals surface area contributed by atoms with Crippen LogP contribution in [0.4, 0.5) is 0 Å². The van der Waals surface area contributed by atoms with E-state index in [1.54, 1.807) is 0 Å². The number of aromatic nitrogens is 2. The summed E-state index contributed by atoms with van der Waals surface area (Å²) >= 11 is 1.84. The normalized spacial score (nSPS) is 12.1. The zero-order chi connectivity index (χ0) is 38.8. The monoisotopic (exact) mass is 768 g/mol. The van der Waals surface area contributed by atoms with Crippen molar-refractivity contribution in [1.82, 2.24) is 8.97 Å². The number of benzene rings is 9. The molecule has 0 aliphatic rings. The van der Waals surface area contributed by atoms with E-state index in [1.807, 2.05) is 33.9 Å². The number of thiophene rings is 1. The largest absolute Gasteiger partial charge is 0.309 e. The molecule has 0 aliphatic carbocycles. The molecule has 0 fully saturated rings. The minimum atomic E-state index is 0.0271. The van der Waals surface area contributed by atoms with Gasteiger partial charge in [0, 0.05) is 58.2 Å². The first-order valence-corrected chi connectivity index (χ1v) is 20.9. The molecule has 0 unspecified atom stereocenters. The van der Waals surface area contributed by atoms with Crippen molar-refractivity contribution < 1.29 is 0 Å². The number of para-hydroxylation sites is 2. The van der Waals surface area contributed by atoms with Gasteiger partial charge in [-0.15, -0.1) is 11.3 Å². The fourth-order valence-electron chi connectivity index (χ4n) is 9.89. The van der Waals surface area contributed by atoms with Crippen LogP contribution in [0.25, 0.3) is 119 Å². The van der Waals surface area contributed by atoms with Crippen LogP contribution in [0, 0.1) is 0 Å². The lowest BCUT2D eigenvalue weighted by atomic mass is 9.92. The average molecular weight is 769 g/mol. The fraction of sp³-hybridized carbons (Fsp3) is 0. The molecule has 0 atom stereocenters. The van der Waals surface area contributed by atoms with E-state index in [0.29, 0.717) is 0 Å². The van der Waals surface area contributed by atoms with Crippen molar-refractivity contribution in [3.8, 4) is 39.1 Å². The molecule has 4 heterocycles. The van der Waals surface area contributed by atoms with Crippen LogP contribution >= 0.6 is 11.3 Å². The van der Waals surface area contributed by atoms with E-state index in [4.69, 9.17) is 0 Å². The molecule has 13 rings (SSSR count). The van der Waals surface area contributed by atoms with Gasteiger partial charge in [0.25, 0.3) is 5.56 Å². The van der Waals surface area contributed by atoms with E-state index in [9.17, 15) is 4.79 Å². The Morgan fingerprint density at radius 2 is 1.00 bits per heavy atom. The van der Waals surface area contributed by atoms with Gasteiger partial charge in [-0.2, -0.15) is 0 Å². The Labute approximate surface area is 342 Å². The summed E-state index contributed by atoms with van der Waals surface area (Å²) in [5, 5.41) is 9.97. The molecule has 0 saturated heterocycles. The van der Waals surface area contributed by atoms with E-state index < -0.39 is 0 Å². The first kappa shape index (κ1) is 32.5. The standard InChI is InChI=1S/C55H32N2OS/c58-55-44-19-5-4-18-41(44)53-42(26-27-43-38-16-6-9-22-48(38)57(55)54(43)53)40-20-11-23-51-52(40)46-32-37(25-29-50(46)59-51)56-47-21-8-7-17-39(47)45-31-36(24-28-49(45)56)35-15-10-14-34(30-35)33-12-2-1-3-13-33/h1-32H. The van der Waals surface area contributed by atoms with Gasteiger partial charge in [0.1, 0.15) is 0 Å². The van der Waals surface area contributed by atoms with Crippen LogP contribution in [0.2, 0.25) is 0 Å². The van der Waals surface area contributed by atoms with E-state index in [2.05, 4.69) is 180 Å². The Morgan fingerprint density at radius 1 is 0.356 bits per heavy atom.